The first-order valence-electron chi connectivity index (χ1n) is 22.0. The molecule has 0 amide bonds. The summed E-state index contributed by atoms with van der Waals surface area (Å²) in [5.41, 5.74) is 0. The molecule has 0 aliphatic carbocycles. The number of hydrogen-bond donors (Lipinski definition) is 0. The molecule has 0 heterocycles. The van der Waals surface area contributed by atoms with E-state index in [1.165, 1.54) is 230 Å². The molecule has 0 saturated heterocycles. The fraction of sp³-hybridized carbons (Fsp3) is 0.750. The maximum absolute atomic E-state index is 4.88. The third kappa shape index (κ3) is 57.0. The van der Waals surface area contributed by atoms with Gasteiger partial charge in [0.25, 0.3) is 0 Å². The van der Waals surface area contributed by atoms with E-state index in [9.17, 15) is 0 Å². The van der Waals surface area contributed by atoms with Crippen LogP contribution >= 0.6 is 34.7 Å². The van der Waals surface area contributed by atoms with Crippen LogP contribution in [0.3, 0.4) is 0 Å². The molecule has 0 N–H and O–H groups in total. The van der Waals surface area contributed by atoms with Crippen LogP contribution in [0.25, 0.3) is 0 Å². The van der Waals surface area contributed by atoms with Gasteiger partial charge in [-0.2, -0.15) is 0 Å². The van der Waals surface area contributed by atoms with Gasteiger partial charge in [0, 0.05) is 0 Å². The first kappa shape index (κ1) is 57.9. The summed E-state index contributed by atoms with van der Waals surface area (Å²) in [6.07, 6.45) is 62.6. The van der Waals surface area contributed by atoms with Crippen molar-refractivity contribution in [2.75, 3.05) is 37.0 Å². The van der Waals surface area contributed by atoms with E-state index in [2.05, 4.69) is 75.9 Å². The Kier molecular flexibility index (Phi) is 62.1. The first-order valence-corrected chi connectivity index (χ1v) is 31.5. The molecule has 0 aliphatic heterocycles. The van der Waals surface area contributed by atoms with E-state index in [0.29, 0.717) is 15.8 Å². The SMILES string of the molecule is C=CCCCCCCP(CCCCCCC=C)CCCCCCC=C.C=CCCCCCCP(CCCCCCC=C)CCCCCCC=C.[Cl][Pt][Cl]. The molecule has 316 valence electrons. The molecule has 0 atom stereocenters. The van der Waals surface area contributed by atoms with Crippen molar-refractivity contribution in [3.8, 4) is 0 Å². The minimum atomic E-state index is -0.472. The van der Waals surface area contributed by atoms with Gasteiger partial charge in [-0.15, -0.1) is 55.3 Å². The Morgan fingerprint density at radius 3 is 0.528 bits per heavy atom. The molecule has 0 saturated carbocycles. The van der Waals surface area contributed by atoms with E-state index < -0.39 is 16.5 Å². The monoisotopic (exact) mass is 994 g/mol. The van der Waals surface area contributed by atoms with Gasteiger partial charge >= 0.3 is 35.3 Å². The molecular formula is C48H90Cl2P2Pt. The molecule has 5 heteroatoms. The van der Waals surface area contributed by atoms with E-state index in [4.69, 9.17) is 18.8 Å². The van der Waals surface area contributed by atoms with E-state index in [0.717, 1.165) is 0 Å². The van der Waals surface area contributed by atoms with Crippen LogP contribution in [0.4, 0.5) is 0 Å². The average molecular weight is 995 g/mol. The Bertz CT molecular complexity index is 588. The van der Waals surface area contributed by atoms with Crippen molar-refractivity contribution in [3.63, 3.8) is 0 Å². The van der Waals surface area contributed by atoms with E-state index in [1.807, 2.05) is 0 Å². The van der Waals surface area contributed by atoms with Crippen molar-refractivity contribution in [1.29, 1.82) is 0 Å². The van der Waals surface area contributed by atoms with Gasteiger partial charge in [0.15, 0.2) is 0 Å². The quantitative estimate of drug-likeness (QED) is 0.0325. The Hall–Kier alpha value is 0.568. The van der Waals surface area contributed by atoms with Crippen molar-refractivity contribution in [1.82, 2.24) is 0 Å². The molecule has 0 aromatic carbocycles. The normalized spacial score (nSPS) is 10.7. The Labute approximate surface area is 354 Å². The van der Waals surface area contributed by atoms with Gasteiger partial charge in [0.2, 0.25) is 0 Å². The molecule has 0 unspecified atom stereocenters. The first-order chi connectivity index (χ1) is 26.1. The molecule has 0 aliphatic rings. The summed E-state index contributed by atoms with van der Waals surface area (Å²) >= 11 is -0.472. The second-order valence-electron chi connectivity index (χ2n) is 14.7. The van der Waals surface area contributed by atoms with Gasteiger partial charge in [-0.1, -0.05) is 114 Å². The zero-order chi connectivity index (χ0) is 39.6. The van der Waals surface area contributed by atoms with Gasteiger partial charge in [-0.3, -0.25) is 0 Å². The van der Waals surface area contributed by atoms with E-state index >= 15 is 0 Å². The summed E-state index contributed by atoms with van der Waals surface area (Å²) < 4.78 is 0. The van der Waals surface area contributed by atoms with Gasteiger partial charge in [0.1, 0.15) is 0 Å². The van der Waals surface area contributed by atoms with Crippen LogP contribution in [-0.2, 0) is 16.5 Å². The Balaban J connectivity index is -0.000000877. The molecule has 0 aromatic rings. The molecule has 0 fully saturated rings. The van der Waals surface area contributed by atoms with Gasteiger partial charge in [0.05, 0.1) is 0 Å². The number of rotatable bonds is 42. The molecule has 0 aromatic heterocycles. The summed E-state index contributed by atoms with van der Waals surface area (Å²) in [6.45, 7) is 22.9. The zero-order valence-electron chi connectivity index (χ0n) is 35.1. The summed E-state index contributed by atoms with van der Waals surface area (Å²) in [5.74, 6) is 0. The zero-order valence-corrected chi connectivity index (χ0v) is 40.7. The van der Waals surface area contributed by atoms with Crippen molar-refractivity contribution in [2.45, 2.75) is 193 Å². The van der Waals surface area contributed by atoms with Crippen molar-refractivity contribution < 1.29 is 16.5 Å². The molecule has 53 heavy (non-hydrogen) atoms. The fourth-order valence-electron chi connectivity index (χ4n) is 6.54. The molecule has 0 radical (unpaired) electrons. The topological polar surface area (TPSA) is 0 Å². The molecular weight excluding hydrogens is 904 g/mol. The van der Waals surface area contributed by atoms with Crippen LogP contribution in [0.1, 0.15) is 193 Å². The van der Waals surface area contributed by atoms with Crippen LogP contribution < -0.4 is 0 Å². The minimum absolute atomic E-state index is 0.305. The fourth-order valence-corrected chi connectivity index (χ4v) is 11.9. The Morgan fingerprint density at radius 2 is 0.396 bits per heavy atom. The summed E-state index contributed by atoms with van der Waals surface area (Å²) in [6, 6.07) is 0. The van der Waals surface area contributed by atoms with Crippen LogP contribution in [0, 0.1) is 0 Å². The number of halogens is 2. The van der Waals surface area contributed by atoms with Gasteiger partial charge in [-0.05, 0) is 153 Å². The number of unbranched alkanes of at least 4 members (excludes halogenated alkanes) is 24. The van der Waals surface area contributed by atoms with Crippen molar-refractivity contribution >= 4 is 34.7 Å². The number of allylic oxidation sites excluding steroid dienone is 6. The third-order valence-electron chi connectivity index (χ3n) is 9.80. The Morgan fingerprint density at radius 1 is 0.264 bits per heavy atom. The average Bonchev–Trinajstić information content (AvgIpc) is 3.16. The van der Waals surface area contributed by atoms with Crippen LogP contribution in [0.15, 0.2) is 75.9 Å². The molecule has 0 nitrogen and oxygen atoms in total. The van der Waals surface area contributed by atoms with E-state index in [-0.39, 0.29) is 0 Å². The van der Waals surface area contributed by atoms with Crippen LogP contribution in [-0.4, -0.2) is 37.0 Å². The van der Waals surface area contributed by atoms with Crippen molar-refractivity contribution in [2.24, 2.45) is 0 Å². The van der Waals surface area contributed by atoms with Crippen LogP contribution in [0.2, 0.25) is 0 Å². The summed E-state index contributed by atoms with van der Waals surface area (Å²) in [4.78, 5) is 0. The molecule has 0 bridgehead atoms. The van der Waals surface area contributed by atoms with Crippen LogP contribution in [0.5, 0.6) is 0 Å². The van der Waals surface area contributed by atoms with Gasteiger partial charge in [-0.25, -0.2) is 0 Å². The molecule has 0 rings (SSSR count). The second kappa shape index (κ2) is 56.9. The molecule has 0 spiro atoms. The van der Waals surface area contributed by atoms with E-state index in [1.54, 1.807) is 0 Å². The third-order valence-corrected chi connectivity index (χ3v) is 15.5. The van der Waals surface area contributed by atoms with Crippen molar-refractivity contribution in [3.05, 3.63) is 75.9 Å². The predicted octanol–water partition coefficient (Wildman–Crippen LogP) is 19.1. The maximum atomic E-state index is 4.88. The standard InChI is InChI=1S/2C24H45P.2ClH.Pt/c2*1-4-7-10-13-16-19-22-25(23-20-17-14-11-8-5-2)24-21-18-15-12-9-6-3;;;/h2*4-6H,1-3,7-24H2;2*1H;/q;;;;+2/p-2. The second-order valence-corrected chi connectivity index (χ2v) is 23.3. The summed E-state index contributed by atoms with van der Waals surface area (Å²) in [7, 11) is 10.4. The summed E-state index contributed by atoms with van der Waals surface area (Å²) in [5, 5.41) is 0. The van der Waals surface area contributed by atoms with Gasteiger partial charge < -0.3 is 0 Å². The predicted molar refractivity (Wildman–Crippen MR) is 254 cm³/mol. The number of hydrogen-bond acceptors (Lipinski definition) is 0.